The van der Waals surface area contributed by atoms with Crippen LogP contribution in [0, 0.1) is 0 Å². The summed E-state index contributed by atoms with van der Waals surface area (Å²) >= 11 is 0. The van der Waals surface area contributed by atoms with Gasteiger partial charge in [-0.1, -0.05) is 274 Å². The molecule has 0 rings (SSSR count). The van der Waals surface area contributed by atoms with Crippen LogP contribution in [0.15, 0.2) is 48.6 Å². The summed E-state index contributed by atoms with van der Waals surface area (Å²) < 4.78 is 33.7. The molecule has 0 fully saturated rings. The van der Waals surface area contributed by atoms with E-state index in [1.807, 2.05) is 0 Å². The number of phosphoric acid groups is 1. The summed E-state index contributed by atoms with van der Waals surface area (Å²) in [4.78, 5) is 22.7. The number of nitrogens with two attached hydrogens (primary N) is 1. The SMILES string of the molecule is CC/C=C\C/C=C\C/C=C\C/C=C\CCCCCCCCCCCCCCC(=O)OC(COCCCCCCCCCCCCCCCCCCCCCCCCCC)COP(=O)(O)OCCN. The van der Waals surface area contributed by atoms with Crippen molar-refractivity contribution in [3.63, 3.8) is 0 Å². The van der Waals surface area contributed by atoms with Gasteiger partial charge in [0, 0.05) is 19.6 Å². The Labute approximate surface area is 421 Å². The molecule has 0 spiro atoms. The standard InChI is InChI=1S/C59H112NO7P/c1-3-5-7-9-11-13-15-17-19-21-23-25-27-29-30-32-34-36-38-40-42-44-46-48-50-52-59(61)67-58(57-66-68(62,63)65-55-53-60)56-64-54-51-49-47-45-43-41-39-37-35-33-31-28-26-24-22-20-18-16-14-12-10-8-6-4-2/h5,7,11,13,17,19,23,25,58H,3-4,6,8-10,12,14-16,18,20-22,24,26-57,60H2,1-2H3,(H,62,63)/b7-5-,13-11-,19-17-,25-23-. The fourth-order valence-electron chi connectivity index (χ4n) is 8.52. The normalized spacial score (nSPS) is 13.5. The summed E-state index contributed by atoms with van der Waals surface area (Å²) in [6.07, 6.45) is 70.2. The molecular weight excluding hydrogens is 866 g/mol. The number of ether oxygens (including phenoxy) is 2. The monoisotopic (exact) mass is 978 g/mol. The molecule has 8 nitrogen and oxygen atoms in total. The summed E-state index contributed by atoms with van der Waals surface area (Å²) in [6.45, 7) is 4.87. The molecule has 0 aliphatic carbocycles. The Kier molecular flexibility index (Phi) is 55.1. The molecule has 3 N–H and O–H groups in total. The van der Waals surface area contributed by atoms with Gasteiger partial charge in [0.1, 0.15) is 6.10 Å². The Morgan fingerprint density at radius 1 is 0.456 bits per heavy atom. The smallest absolute Gasteiger partial charge is 0.457 e. The minimum atomic E-state index is -4.29. The fourth-order valence-corrected chi connectivity index (χ4v) is 9.29. The molecule has 0 amide bonds. The third kappa shape index (κ3) is 55.4. The summed E-state index contributed by atoms with van der Waals surface area (Å²) in [5.74, 6) is -0.328. The van der Waals surface area contributed by atoms with Crippen molar-refractivity contribution in [3.05, 3.63) is 48.6 Å². The molecule has 0 aliphatic rings. The highest BCUT2D eigenvalue weighted by Gasteiger charge is 2.25. The summed E-state index contributed by atoms with van der Waals surface area (Å²) in [5, 5.41) is 0. The zero-order chi connectivity index (χ0) is 49.4. The lowest BCUT2D eigenvalue weighted by molar-refractivity contribution is -0.154. The lowest BCUT2D eigenvalue weighted by Gasteiger charge is -2.20. The highest BCUT2D eigenvalue weighted by Crippen LogP contribution is 2.43. The van der Waals surface area contributed by atoms with Crippen molar-refractivity contribution in [1.82, 2.24) is 0 Å². The number of phosphoric ester groups is 1. The minimum Gasteiger partial charge on any atom is -0.457 e. The Morgan fingerprint density at radius 2 is 0.824 bits per heavy atom. The van der Waals surface area contributed by atoms with Crippen molar-refractivity contribution in [2.45, 2.75) is 290 Å². The second kappa shape index (κ2) is 56.4. The van der Waals surface area contributed by atoms with E-state index in [2.05, 4.69) is 62.5 Å². The molecule has 400 valence electrons. The first-order valence-electron chi connectivity index (χ1n) is 29.1. The number of esters is 1. The van der Waals surface area contributed by atoms with Gasteiger partial charge in [-0.25, -0.2) is 4.57 Å². The van der Waals surface area contributed by atoms with Crippen LogP contribution in [0.5, 0.6) is 0 Å². The van der Waals surface area contributed by atoms with Crippen molar-refractivity contribution in [1.29, 1.82) is 0 Å². The highest BCUT2D eigenvalue weighted by atomic mass is 31.2. The largest absolute Gasteiger partial charge is 0.472 e. The van der Waals surface area contributed by atoms with Gasteiger partial charge in [0.25, 0.3) is 0 Å². The van der Waals surface area contributed by atoms with Crippen molar-refractivity contribution >= 4 is 13.8 Å². The van der Waals surface area contributed by atoms with E-state index in [-0.39, 0.29) is 32.3 Å². The molecule has 9 heteroatoms. The van der Waals surface area contributed by atoms with Crippen LogP contribution in [-0.2, 0) is 27.9 Å². The van der Waals surface area contributed by atoms with Crippen LogP contribution in [0.3, 0.4) is 0 Å². The van der Waals surface area contributed by atoms with Crippen LogP contribution in [0.4, 0.5) is 0 Å². The van der Waals surface area contributed by atoms with Crippen LogP contribution in [0.1, 0.15) is 284 Å². The third-order valence-electron chi connectivity index (χ3n) is 12.8. The van der Waals surface area contributed by atoms with Gasteiger partial charge >= 0.3 is 13.8 Å². The van der Waals surface area contributed by atoms with E-state index in [1.54, 1.807) is 0 Å². The van der Waals surface area contributed by atoms with E-state index in [1.165, 1.54) is 205 Å². The molecule has 0 aromatic rings. The van der Waals surface area contributed by atoms with Crippen molar-refractivity contribution in [2.75, 3.05) is 33.0 Å². The Balaban J connectivity index is 3.85. The first-order chi connectivity index (χ1) is 33.4. The first-order valence-corrected chi connectivity index (χ1v) is 30.6. The van der Waals surface area contributed by atoms with E-state index < -0.39 is 13.9 Å². The predicted molar refractivity (Wildman–Crippen MR) is 293 cm³/mol. The van der Waals surface area contributed by atoms with E-state index in [4.69, 9.17) is 24.3 Å². The van der Waals surface area contributed by atoms with E-state index in [0.29, 0.717) is 13.0 Å². The second-order valence-electron chi connectivity index (χ2n) is 19.5. The lowest BCUT2D eigenvalue weighted by Crippen LogP contribution is -2.28. The Hall–Kier alpha value is -1.54. The number of hydrogen-bond acceptors (Lipinski definition) is 7. The Bertz CT molecular complexity index is 1190. The first kappa shape index (κ1) is 66.5. The second-order valence-corrected chi connectivity index (χ2v) is 20.9. The molecule has 0 radical (unpaired) electrons. The van der Waals surface area contributed by atoms with Crippen molar-refractivity contribution in [2.24, 2.45) is 5.73 Å². The summed E-state index contributed by atoms with van der Waals surface area (Å²) in [5.41, 5.74) is 5.41. The number of hydrogen-bond donors (Lipinski definition) is 2. The molecule has 0 saturated heterocycles. The maximum absolute atomic E-state index is 12.7. The van der Waals surface area contributed by atoms with Crippen LogP contribution in [0.25, 0.3) is 0 Å². The molecule has 0 aliphatic heterocycles. The molecule has 0 saturated carbocycles. The molecule has 0 aromatic heterocycles. The molecular formula is C59H112NO7P. The van der Waals surface area contributed by atoms with Gasteiger partial charge < -0.3 is 20.1 Å². The zero-order valence-electron chi connectivity index (χ0n) is 44.9. The molecule has 2 unspecified atom stereocenters. The molecule has 2 atom stereocenters. The fraction of sp³-hybridized carbons (Fsp3) is 0.847. The van der Waals surface area contributed by atoms with Gasteiger partial charge in [-0.2, -0.15) is 0 Å². The zero-order valence-corrected chi connectivity index (χ0v) is 45.7. The van der Waals surface area contributed by atoms with E-state index in [9.17, 15) is 14.3 Å². The average molecular weight is 979 g/mol. The summed E-state index contributed by atoms with van der Waals surface area (Å²) in [6, 6.07) is 0. The van der Waals surface area contributed by atoms with Gasteiger partial charge in [-0.05, 0) is 51.4 Å². The third-order valence-corrected chi connectivity index (χ3v) is 13.7. The summed E-state index contributed by atoms with van der Waals surface area (Å²) in [7, 11) is -4.29. The topological polar surface area (TPSA) is 117 Å². The van der Waals surface area contributed by atoms with Crippen LogP contribution in [0.2, 0.25) is 0 Å². The molecule has 0 heterocycles. The number of allylic oxidation sites excluding steroid dienone is 8. The number of rotatable bonds is 56. The van der Waals surface area contributed by atoms with Crippen molar-refractivity contribution in [3.8, 4) is 0 Å². The van der Waals surface area contributed by atoms with Gasteiger partial charge in [0.15, 0.2) is 0 Å². The van der Waals surface area contributed by atoms with Crippen LogP contribution >= 0.6 is 7.82 Å². The number of carbonyl (C=O) groups is 1. The maximum atomic E-state index is 12.7. The number of unbranched alkanes of at least 4 members (excludes halogenated alkanes) is 35. The van der Waals surface area contributed by atoms with Crippen LogP contribution in [-0.4, -0.2) is 49.9 Å². The lowest BCUT2D eigenvalue weighted by atomic mass is 10.0. The van der Waals surface area contributed by atoms with Crippen molar-refractivity contribution < 1.29 is 32.8 Å². The predicted octanol–water partition coefficient (Wildman–Crippen LogP) is 18.7. The molecule has 68 heavy (non-hydrogen) atoms. The minimum absolute atomic E-state index is 0.0947. The van der Waals surface area contributed by atoms with E-state index >= 15 is 0 Å². The van der Waals surface area contributed by atoms with Gasteiger partial charge in [-0.3, -0.25) is 13.8 Å². The molecule has 0 bridgehead atoms. The highest BCUT2D eigenvalue weighted by molar-refractivity contribution is 7.47. The van der Waals surface area contributed by atoms with Crippen LogP contribution < -0.4 is 5.73 Å². The average Bonchev–Trinajstić information content (AvgIpc) is 3.33. The maximum Gasteiger partial charge on any atom is 0.472 e. The van der Waals surface area contributed by atoms with Gasteiger partial charge in [0.05, 0.1) is 19.8 Å². The van der Waals surface area contributed by atoms with Gasteiger partial charge in [-0.15, -0.1) is 0 Å². The quantitative estimate of drug-likeness (QED) is 0.0268. The van der Waals surface area contributed by atoms with E-state index in [0.717, 1.165) is 57.8 Å². The Morgan fingerprint density at radius 3 is 1.24 bits per heavy atom. The van der Waals surface area contributed by atoms with Gasteiger partial charge in [0.2, 0.25) is 0 Å². The molecule has 0 aromatic carbocycles. The number of carbonyl (C=O) groups excluding carboxylic acids is 1.